The Balaban J connectivity index is 1.69. The van der Waals surface area contributed by atoms with Crippen molar-refractivity contribution in [2.75, 3.05) is 10.6 Å². The van der Waals surface area contributed by atoms with E-state index in [1.165, 1.54) is 13.1 Å². The normalized spacial score (nSPS) is 10.7. The quantitative estimate of drug-likeness (QED) is 0.401. The Hall–Kier alpha value is -3.94. The number of carbonyl (C=O) groups is 2. The van der Waals surface area contributed by atoms with Gasteiger partial charge in [-0.25, -0.2) is 9.97 Å². The van der Waals surface area contributed by atoms with Crippen molar-refractivity contribution in [3.8, 4) is 0 Å². The number of nitrogens with one attached hydrogen (secondary N) is 2. The molecule has 0 atom stereocenters. The zero-order valence-corrected chi connectivity index (χ0v) is 16.5. The van der Waals surface area contributed by atoms with Crippen molar-refractivity contribution in [3.63, 3.8) is 0 Å². The molecular weight excluding hydrogens is 377 g/mol. The number of aryl methyl sites for hydroxylation is 1. The third kappa shape index (κ3) is 3.80. The van der Waals surface area contributed by atoms with E-state index in [0.29, 0.717) is 28.2 Å². The Bertz CT molecular complexity index is 1280. The van der Waals surface area contributed by atoms with E-state index in [0.717, 1.165) is 11.3 Å². The van der Waals surface area contributed by atoms with Crippen LogP contribution < -0.4 is 16.1 Å². The molecule has 0 saturated carbocycles. The van der Waals surface area contributed by atoms with Crippen LogP contribution in [0.2, 0.25) is 0 Å². The fraction of sp³-hybridized carbons (Fsp3) is 0.0909. The molecule has 1 amide bonds. The maximum atomic E-state index is 12.9. The summed E-state index contributed by atoms with van der Waals surface area (Å²) < 4.78 is 1.68. The first-order chi connectivity index (χ1) is 14.4. The predicted octanol–water partition coefficient (Wildman–Crippen LogP) is 3.03. The van der Waals surface area contributed by atoms with Crippen LogP contribution >= 0.6 is 0 Å². The maximum absolute atomic E-state index is 12.9. The smallest absolute Gasteiger partial charge is 0.275 e. The van der Waals surface area contributed by atoms with Crippen LogP contribution in [0.15, 0.2) is 61.1 Å². The Morgan fingerprint density at radius 2 is 1.90 bits per heavy atom. The first kappa shape index (κ1) is 19.4. The number of imidazole rings is 1. The van der Waals surface area contributed by atoms with Gasteiger partial charge in [0.15, 0.2) is 11.6 Å². The van der Waals surface area contributed by atoms with E-state index >= 15 is 0 Å². The van der Waals surface area contributed by atoms with Gasteiger partial charge in [-0.2, -0.15) is 0 Å². The summed E-state index contributed by atoms with van der Waals surface area (Å²) in [5.41, 5.74) is 3.79. The molecule has 1 aromatic carbocycles. The number of pyridine rings is 2. The summed E-state index contributed by atoms with van der Waals surface area (Å²) in [6, 6.07) is 12.8. The molecule has 2 radical (unpaired) electrons. The summed E-state index contributed by atoms with van der Waals surface area (Å²) in [5.74, 6) is -0.166. The number of anilines is 3. The Labute approximate surface area is 174 Å². The monoisotopic (exact) mass is 395 g/mol. The Morgan fingerprint density at radius 3 is 2.63 bits per heavy atom. The van der Waals surface area contributed by atoms with Crippen LogP contribution in [-0.4, -0.2) is 33.9 Å². The van der Waals surface area contributed by atoms with Crippen LogP contribution in [-0.2, 0) is 0 Å². The second-order valence-corrected chi connectivity index (χ2v) is 6.89. The molecule has 8 heteroatoms. The SMILES string of the molecule is [B]c1cccn2cc(C(=O)Nc3cc(C(C)=O)cnc3Nc3ccccc3C)nc12. The van der Waals surface area contributed by atoms with Gasteiger partial charge >= 0.3 is 0 Å². The van der Waals surface area contributed by atoms with Crippen molar-refractivity contribution in [2.24, 2.45) is 0 Å². The zero-order chi connectivity index (χ0) is 21.3. The summed E-state index contributed by atoms with van der Waals surface area (Å²) in [5, 5.41) is 6.03. The van der Waals surface area contributed by atoms with Gasteiger partial charge in [-0.3, -0.25) is 9.59 Å². The molecule has 2 N–H and O–H groups in total. The standard InChI is InChI=1S/C22H18BN5O2/c1-13-6-3-4-8-17(13)25-20-18(10-15(11-24-20)14(2)29)27-22(30)19-12-28-9-5-7-16(23)21(28)26-19/h3-12H,1-2H3,(H,24,25)(H,27,30). The van der Waals surface area contributed by atoms with Gasteiger partial charge in [-0.15, -0.1) is 0 Å². The molecule has 3 aromatic heterocycles. The van der Waals surface area contributed by atoms with Crippen molar-refractivity contribution >= 4 is 47.8 Å². The lowest BCUT2D eigenvalue weighted by molar-refractivity contribution is 0.100. The minimum Gasteiger partial charge on any atom is -0.338 e. The molecule has 0 saturated heterocycles. The van der Waals surface area contributed by atoms with Gasteiger partial charge in [0, 0.05) is 29.8 Å². The molecule has 0 fully saturated rings. The van der Waals surface area contributed by atoms with E-state index in [9.17, 15) is 9.59 Å². The molecule has 7 nitrogen and oxygen atoms in total. The minimum absolute atomic E-state index is 0.152. The number of para-hydroxylation sites is 1. The number of amides is 1. The first-order valence-corrected chi connectivity index (χ1v) is 9.30. The number of fused-ring (bicyclic) bond motifs is 1. The fourth-order valence-corrected chi connectivity index (χ4v) is 3.02. The van der Waals surface area contributed by atoms with Crippen molar-refractivity contribution in [3.05, 3.63) is 77.9 Å². The lowest BCUT2D eigenvalue weighted by atomic mass is 9.98. The fourth-order valence-electron chi connectivity index (χ4n) is 3.02. The van der Waals surface area contributed by atoms with Gasteiger partial charge in [0.05, 0.1) is 5.69 Å². The van der Waals surface area contributed by atoms with Gasteiger partial charge in [0.25, 0.3) is 5.91 Å². The molecule has 4 rings (SSSR count). The van der Waals surface area contributed by atoms with Crippen LogP contribution in [0.25, 0.3) is 5.65 Å². The molecular formula is C22H18BN5O2. The Kier molecular flexibility index (Phi) is 5.06. The van der Waals surface area contributed by atoms with E-state index < -0.39 is 5.91 Å². The van der Waals surface area contributed by atoms with Gasteiger partial charge in [0.2, 0.25) is 0 Å². The summed E-state index contributed by atoms with van der Waals surface area (Å²) in [6.45, 7) is 3.41. The van der Waals surface area contributed by atoms with E-state index in [1.807, 2.05) is 31.2 Å². The van der Waals surface area contributed by atoms with Crippen molar-refractivity contribution < 1.29 is 9.59 Å². The molecule has 0 bridgehead atoms. The largest absolute Gasteiger partial charge is 0.338 e. The average molecular weight is 395 g/mol. The third-order valence-corrected chi connectivity index (χ3v) is 4.69. The van der Waals surface area contributed by atoms with E-state index in [-0.39, 0.29) is 11.5 Å². The van der Waals surface area contributed by atoms with Crippen molar-refractivity contribution in [1.82, 2.24) is 14.4 Å². The number of nitrogens with zero attached hydrogens (tertiary/aromatic N) is 3. The molecule has 0 spiro atoms. The summed E-state index contributed by atoms with van der Waals surface area (Å²) >= 11 is 0. The number of rotatable bonds is 5. The van der Waals surface area contributed by atoms with Gasteiger partial charge in [0.1, 0.15) is 19.2 Å². The molecule has 0 aliphatic carbocycles. The van der Waals surface area contributed by atoms with E-state index in [2.05, 4.69) is 20.6 Å². The number of hydrogen-bond acceptors (Lipinski definition) is 5. The molecule has 0 aliphatic rings. The van der Waals surface area contributed by atoms with Gasteiger partial charge in [-0.05, 0) is 37.6 Å². The number of ketones is 1. The number of benzene rings is 1. The predicted molar refractivity (Wildman–Crippen MR) is 117 cm³/mol. The minimum atomic E-state index is -0.437. The van der Waals surface area contributed by atoms with E-state index in [4.69, 9.17) is 7.85 Å². The van der Waals surface area contributed by atoms with Crippen molar-refractivity contribution in [2.45, 2.75) is 13.8 Å². The highest BCUT2D eigenvalue weighted by Crippen LogP contribution is 2.26. The van der Waals surface area contributed by atoms with Crippen molar-refractivity contribution in [1.29, 1.82) is 0 Å². The molecule has 30 heavy (non-hydrogen) atoms. The van der Waals surface area contributed by atoms with Crippen LogP contribution in [0.5, 0.6) is 0 Å². The van der Waals surface area contributed by atoms with Crippen LogP contribution in [0.1, 0.15) is 33.3 Å². The zero-order valence-electron chi connectivity index (χ0n) is 16.5. The number of aromatic nitrogens is 3. The second-order valence-electron chi connectivity index (χ2n) is 6.89. The van der Waals surface area contributed by atoms with Crippen LogP contribution in [0, 0.1) is 6.92 Å². The highest BCUT2D eigenvalue weighted by molar-refractivity contribution is 6.36. The summed E-state index contributed by atoms with van der Waals surface area (Å²) in [6.07, 6.45) is 4.83. The summed E-state index contributed by atoms with van der Waals surface area (Å²) in [4.78, 5) is 33.4. The number of Topliss-reactive ketones (excluding diaryl/α,β-unsaturated/α-hetero) is 1. The highest BCUT2D eigenvalue weighted by Gasteiger charge is 2.16. The summed E-state index contributed by atoms with van der Waals surface area (Å²) in [7, 11) is 5.93. The lowest BCUT2D eigenvalue weighted by Crippen LogP contribution is -2.15. The van der Waals surface area contributed by atoms with Gasteiger partial charge < -0.3 is 15.0 Å². The molecule has 146 valence electrons. The van der Waals surface area contributed by atoms with Crippen LogP contribution in [0.4, 0.5) is 17.2 Å². The van der Waals surface area contributed by atoms with E-state index in [1.54, 1.807) is 35.0 Å². The third-order valence-electron chi connectivity index (χ3n) is 4.69. The second kappa shape index (κ2) is 7.83. The number of hydrogen-bond donors (Lipinski definition) is 2. The average Bonchev–Trinajstić information content (AvgIpc) is 3.17. The highest BCUT2D eigenvalue weighted by atomic mass is 16.2. The lowest BCUT2D eigenvalue weighted by Gasteiger charge is -2.14. The van der Waals surface area contributed by atoms with Crippen LogP contribution in [0.3, 0.4) is 0 Å². The topological polar surface area (TPSA) is 88.4 Å². The molecule has 3 heterocycles. The van der Waals surface area contributed by atoms with Gasteiger partial charge in [-0.1, -0.05) is 29.7 Å². The molecule has 4 aromatic rings. The molecule has 0 aliphatic heterocycles. The first-order valence-electron chi connectivity index (χ1n) is 9.30. The maximum Gasteiger partial charge on any atom is 0.275 e. The number of carbonyl (C=O) groups excluding carboxylic acids is 2. The Morgan fingerprint density at radius 1 is 1.10 bits per heavy atom. The molecule has 0 unspecified atom stereocenters.